The van der Waals surface area contributed by atoms with Gasteiger partial charge < -0.3 is 0 Å². The lowest BCUT2D eigenvalue weighted by Gasteiger charge is -2.12. The van der Waals surface area contributed by atoms with Gasteiger partial charge >= 0.3 is 6.18 Å². The molecule has 0 bridgehead atoms. The molecule has 0 atom stereocenters. The molecular weight excluding hydrogens is 488 g/mol. The molecule has 0 fully saturated rings. The zero-order chi connectivity index (χ0) is 26.5. The topological polar surface area (TPSA) is 0 Å². The molecule has 0 radical (unpaired) electrons. The Bertz CT molecular complexity index is 1190. The lowest BCUT2D eigenvalue weighted by atomic mass is 9.96. The van der Waals surface area contributed by atoms with Gasteiger partial charge in [-0.2, -0.15) is 13.2 Å². The highest BCUT2D eigenvalue weighted by Gasteiger charge is 2.24. The fourth-order valence-electron chi connectivity index (χ4n) is 3.95. The maximum Gasteiger partial charge on any atom is 0.409 e. The van der Waals surface area contributed by atoms with E-state index in [2.05, 4.69) is 6.92 Å². The molecule has 0 spiro atoms. The molecular formula is C28H24F8. The molecule has 0 aromatic heterocycles. The zero-order valence-corrected chi connectivity index (χ0v) is 19.5. The lowest BCUT2D eigenvalue weighted by molar-refractivity contribution is -0.0790. The molecule has 3 rings (SSSR count). The van der Waals surface area contributed by atoms with Crippen molar-refractivity contribution in [2.45, 2.75) is 51.6 Å². The quantitative estimate of drug-likeness (QED) is 0.198. The van der Waals surface area contributed by atoms with Crippen molar-refractivity contribution in [3.05, 3.63) is 88.8 Å². The first-order valence-electron chi connectivity index (χ1n) is 11.5. The lowest BCUT2D eigenvalue weighted by Crippen LogP contribution is -2.01. The third-order valence-corrected chi connectivity index (χ3v) is 5.76. The van der Waals surface area contributed by atoms with Crippen LogP contribution in [-0.2, 0) is 6.42 Å². The summed E-state index contributed by atoms with van der Waals surface area (Å²) < 4.78 is 110. The fraction of sp³-hybridized carbons (Fsp3) is 0.286. The summed E-state index contributed by atoms with van der Waals surface area (Å²) in [5, 5.41) is 0. The highest BCUT2D eigenvalue weighted by Crippen LogP contribution is 2.34. The predicted octanol–water partition coefficient (Wildman–Crippen LogP) is 9.80. The van der Waals surface area contributed by atoms with Crippen LogP contribution in [0, 0.1) is 29.1 Å². The summed E-state index contributed by atoms with van der Waals surface area (Å²) in [7, 11) is 0. The number of halogens is 8. The average Bonchev–Trinajstić information content (AvgIpc) is 2.77. The van der Waals surface area contributed by atoms with Crippen molar-refractivity contribution in [1.82, 2.24) is 0 Å². The number of hydrogen-bond donors (Lipinski definition) is 0. The van der Waals surface area contributed by atoms with Gasteiger partial charge in [-0.05, 0) is 65.9 Å². The van der Waals surface area contributed by atoms with E-state index in [0.717, 1.165) is 49.8 Å². The van der Waals surface area contributed by atoms with Crippen LogP contribution in [0.3, 0.4) is 0 Å². The maximum absolute atomic E-state index is 14.9. The van der Waals surface area contributed by atoms with Crippen LogP contribution in [0.2, 0.25) is 0 Å². The fourth-order valence-corrected chi connectivity index (χ4v) is 3.95. The molecule has 36 heavy (non-hydrogen) atoms. The Morgan fingerprint density at radius 1 is 0.667 bits per heavy atom. The third kappa shape index (κ3) is 6.95. The minimum absolute atomic E-state index is 0.0425. The van der Waals surface area contributed by atoms with Crippen LogP contribution in [0.15, 0.2) is 48.5 Å². The second-order valence-corrected chi connectivity index (χ2v) is 8.52. The van der Waals surface area contributed by atoms with Gasteiger partial charge in [0, 0.05) is 17.2 Å². The van der Waals surface area contributed by atoms with Crippen LogP contribution >= 0.6 is 0 Å². The first-order valence-corrected chi connectivity index (χ1v) is 11.5. The van der Waals surface area contributed by atoms with Crippen molar-refractivity contribution in [3.63, 3.8) is 0 Å². The summed E-state index contributed by atoms with van der Waals surface area (Å²) >= 11 is 0. The molecule has 0 aliphatic heterocycles. The highest BCUT2D eigenvalue weighted by atomic mass is 19.4. The molecule has 0 nitrogen and oxygen atoms in total. The van der Waals surface area contributed by atoms with E-state index in [1.165, 1.54) is 12.1 Å². The molecule has 0 unspecified atom stereocenters. The smallest absolute Gasteiger partial charge is 0.206 e. The van der Waals surface area contributed by atoms with Gasteiger partial charge in [0.25, 0.3) is 0 Å². The molecule has 3 aromatic rings. The van der Waals surface area contributed by atoms with Gasteiger partial charge in [-0.3, -0.25) is 0 Å². The Balaban J connectivity index is 1.87. The number of hydrogen-bond acceptors (Lipinski definition) is 0. The van der Waals surface area contributed by atoms with Gasteiger partial charge in [0.05, 0.1) is 5.56 Å². The van der Waals surface area contributed by atoms with Gasteiger partial charge in [0.1, 0.15) is 29.1 Å². The number of aryl methyl sites for hydroxylation is 1. The number of alkyl halides is 3. The number of unbranched alkanes of at least 4 members (excludes halogenated alkanes) is 4. The standard InChI is InChI=1S/C28H24F8/c1-2-3-4-5-6-7-17-8-9-20(22(29)12-17)18-13-25(32)27(26(33)14-18)19-15-23(30)21(24(31)16-19)10-11-28(34,35)36/h8-16H,2-7H2,1H3. The number of benzene rings is 3. The Labute approximate surface area is 204 Å². The predicted molar refractivity (Wildman–Crippen MR) is 125 cm³/mol. The number of allylic oxidation sites excluding steroid dienone is 1. The minimum atomic E-state index is -4.80. The summed E-state index contributed by atoms with van der Waals surface area (Å²) in [6.45, 7) is 2.11. The van der Waals surface area contributed by atoms with Crippen LogP contribution < -0.4 is 0 Å². The van der Waals surface area contributed by atoms with Crippen molar-refractivity contribution < 1.29 is 35.1 Å². The monoisotopic (exact) mass is 512 g/mol. The summed E-state index contributed by atoms with van der Waals surface area (Å²) in [4.78, 5) is 0. The third-order valence-electron chi connectivity index (χ3n) is 5.76. The molecule has 0 saturated carbocycles. The molecule has 0 N–H and O–H groups in total. The van der Waals surface area contributed by atoms with E-state index in [1.54, 1.807) is 6.07 Å². The van der Waals surface area contributed by atoms with E-state index in [0.29, 0.717) is 18.6 Å². The van der Waals surface area contributed by atoms with Crippen molar-refractivity contribution in [1.29, 1.82) is 0 Å². The van der Waals surface area contributed by atoms with Crippen molar-refractivity contribution >= 4 is 6.08 Å². The average molecular weight is 512 g/mol. The van der Waals surface area contributed by atoms with E-state index in [9.17, 15) is 35.1 Å². The van der Waals surface area contributed by atoms with Gasteiger partial charge in [0.15, 0.2) is 0 Å². The Hall–Kier alpha value is -3.16. The molecule has 3 aromatic carbocycles. The SMILES string of the molecule is CCCCCCCc1ccc(-c2cc(F)c(-c3cc(F)c(C=CC(F)(F)F)c(F)c3)c(F)c2)c(F)c1. The van der Waals surface area contributed by atoms with E-state index in [-0.39, 0.29) is 23.3 Å². The Morgan fingerprint density at radius 3 is 1.81 bits per heavy atom. The largest absolute Gasteiger partial charge is 0.409 e. The zero-order valence-electron chi connectivity index (χ0n) is 19.5. The van der Waals surface area contributed by atoms with E-state index in [4.69, 9.17) is 0 Å². The maximum atomic E-state index is 14.9. The van der Waals surface area contributed by atoms with E-state index < -0.39 is 52.0 Å². The van der Waals surface area contributed by atoms with Crippen molar-refractivity contribution in [3.8, 4) is 22.3 Å². The van der Waals surface area contributed by atoms with Gasteiger partial charge in [-0.25, -0.2) is 22.0 Å². The Morgan fingerprint density at radius 2 is 1.25 bits per heavy atom. The van der Waals surface area contributed by atoms with Crippen LogP contribution in [-0.4, -0.2) is 6.18 Å². The van der Waals surface area contributed by atoms with Gasteiger partial charge in [0.2, 0.25) is 0 Å². The highest BCUT2D eigenvalue weighted by molar-refractivity contribution is 5.73. The molecule has 8 heteroatoms. The molecule has 0 aliphatic rings. The van der Waals surface area contributed by atoms with E-state index >= 15 is 0 Å². The van der Waals surface area contributed by atoms with Crippen LogP contribution in [0.5, 0.6) is 0 Å². The number of rotatable bonds is 9. The molecule has 0 aliphatic carbocycles. The first-order chi connectivity index (χ1) is 17.0. The van der Waals surface area contributed by atoms with Gasteiger partial charge in [-0.1, -0.05) is 44.7 Å². The summed E-state index contributed by atoms with van der Waals surface area (Å²) in [5.41, 5.74) is -1.72. The summed E-state index contributed by atoms with van der Waals surface area (Å²) in [6, 6.07) is 7.18. The minimum Gasteiger partial charge on any atom is -0.206 e. The van der Waals surface area contributed by atoms with Crippen LogP contribution in [0.25, 0.3) is 28.3 Å². The van der Waals surface area contributed by atoms with Crippen molar-refractivity contribution in [2.75, 3.05) is 0 Å². The second-order valence-electron chi connectivity index (χ2n) is 8.52. The second kappa shape index (κ2) is 11.7. The first kappa shape index (κ1) is 27.4. The van der Waals surface area contributed by atoms with Crippen molar-refractivity contribution in [2.24, 2.45) is 0 Å². The molecule has 0 heterocycles. The Kier molecular flexibility index (Phi) is 8.93. The summed E-state index contributed by atoms with van der Waals surface area (Å²) in [5.74, 6) is -5.93. The van der Waals surface area contributed by atoms with E-state index in [1.807, 2.05) is 0 Å². The molecule has 192 valence electrons. The molecule has 0 saturated heterocycles. The normalized spacial score (nSPS) is 12.0. The molecule has 0 amide bonds. The van der Waals surface area contributed by atoms with Crippen LogP contribution in [0.1, 0.15) is 50.2 Å². The van der Waals surface area contributed by atoms with Crippen LogP contribution in [0.4, 0.5) is 35.1 Å². The van der Waals surface area contributed by atoms with Gasteiger partial charge in [-0.15, -0.1) is 0 Å². The summed E-state index contributed by atoms with van der Waals surface area (Å²) in [6.07, 6.45) is 0.996.